The summed E-state index contributed by atoms with van der Waals surface area (Å²) in [7, 11) is 0. The third-order valence-corrected chi connectivity index (χ3v) is 4.83. The van der Waals surface area contributed by atoms with Crippen LogP contribution in [0, 0.1) is 0 Å². The lowest BCUT2D eigenvalue weighted by Gasteiger charge is -2.09. The Morgan fingerprint density at radius 2 is 1.89 bits per heavy atom. The smallest absolute Gasteiger partial charge is 0.396 e. The van der Waals surface area contributed by atoms with Gasteiger partial charge in [0.1, 0.15) is 0 Å². The maximum Gasteiger partial charge on any atom is 0.416 e. The van der Waals surface area contributed by atoms with Crippen molar-refractivity contribution in [3.05, 3.63) is 69.3 Å². The van der Waals surface area contributed by atoms with Crippen molar-refractivity contribution in [1.82, 2.24) is 9.78 Å². The van der Waals surface area contributed by atoms with E-state index in [1.54, 1.807) is 24.3 Å². The predicted octanol–water partition coefficient (Wildman–Crippen LogP) is 6.20. The molecule has 0 bridgehead atoms. The summed E-state index contributed by atoms with van der Waals surface area (Å²) >= 11 is 12.1. The Bertz CT molecular complexity index is 1010. The Morgan fingerprint density at radius 3 is 2.57 bits per heavy atom. The van der Waals surface area contributed by atoms with Crippen molar-refractivity contribution in [3.8, 4) is 0 Å². The first-order chi connectivity index (χ1) is 13.3. The van der Waals surface area contributed by atoms with Gasteiger partial charge in [0.2, 0.25) is 0 Å². The maximum absolute atomic E-state index is 13.2. The van der Waals surface area contributed by atoms with Crippen LogP contribution in [0.2, 0.25) is 10.0 Å². The number of alkyl halides is 3. The molecule has 0 aliphatic carbocycles. The van der Waals surface area contributed by atoms with Crippen LogP contribution >= 0.6 is 23.2 Å². The molecular formula is C20H17Cl2F3N2O. The van der Waals surface area contributed by atoms with Crippen LogP contribution in [0.25, 0.3) is 17.0 Å². The molecule has 0 unspecified atom stereocenters. The highest BCUT2D eigenvalue weighted by Crippen LogP contribution is 2.33. The van der Waals surface area contributed by atoms with E-state index in [-0.39, 0.29) is 13.2 Å². The van der Waals surface area contributed by atoms with Gasteiger partial charge in [0, 0.05) is 22.0 Å². The monoisotopic (exact) mass is 428 g/mol. The second-order valence-corrected chi connectivity index (χ2v) is 7.12. The summed E-state index contributed by atoms with van der Waals surface area (Å²) in [6.07, 6.45) is 0.404. The highest BCUT2D eigenvalue weighted by atomic mass is 35.5. The molecule has 1 N–H and O–H groups in total. The second kappa shape index (κ2) is 8.55. The number of rotatable bonds is 6. The number of hydrogen-bond donors (Lipinski definition) is 1. The minimum absolute atomic E-state index is 0.0730. The number of aliphatic hydroxyl groups is 1. The molecule has 3 nitrogen and oxygen atoms in total. The van der Waals surface area contributed by atoms with E-state index >= 15 is 0 Å². The second-order valence-electron chi connectivity index (χ2n) is 6.28. The van der Waals surface area contributed by atoms with Gasteiger partial charge in [-0.3, -0.25) is 4.68 Å². The van der Waals surface area contributed by atoms with Crippen molar-refractivity contribution in [3.63, 3.8) is 0 Å². The molecule has 0 radical (unpaired) electrons. The van der Waals surface area contributed by atoms with Crippen LogP contribution in [0.1, 0.15) is 29.7 Å². The van der Waals surface area contributed by atoms with E-state index in [2.05, 4.69) is 5.10 Å². The molecule has 148 valence electrons. The van der Waals surface area contributed by atoms with E-state index < -0.39 is 11.7 Å². The number of hydrogen-bond acceptors (Lipinski definition) is 2. The van der Waals surface area contributed by atoms with Gasteiger partial charge in [-0.25, -0.2) is 0 Å². The number of halogens is 5. The molecule has 2 aromatic carbocycles. The Morgan fingerprint density at radius 1 is 1.11 bits per heavy atom. The minimum Gasteiger partial charge on any atom is -0.396 e. The standard InChI is InChI=1S/C20H17Cl2F3N2O/c21-15-7-5-13(17(22)11-15)12-27-19-10-14(20(23,24)25)6-8-16(19)18(26-27)4-2-1-3-9-28/h2,4-8,10-11,28H,1,3,9,12H2. The number of aromatic nitrogens is 2. The van der Waals surface area contributed by atoms with Crippen molar-refractivity contribution in [2.24, 2.45) is 0 Å². The zero-order valence-electron chi connectivity index (χ0n) is 14.7. The van der Waals surface area contributed by atoms with E-state index in [1.165, 1.54) is 10.7 Å². The van der Waals surface area contributed by atoms with E-state index in [1.807, 2.05) is 6.08 Å². The Balaban J connectivity index is 2.06. The quantitative estimate of drug-likeness (QED) is 0.474. The van der Waals surface area contributed by atoms with E-state index in [9.17, 15) is 13.2 Å². The maximum atomic E-state index is 13.2. The zero-order valence-corrected chi connectivity index (χ0v) is 16.2. The first-order valence-electron chi connectivity index (χ1n) is 8.58. The zero-order chi connectivity index (χ0) is 20.3. The van der Waals surface area contributed by atoms with Gasteiger partial charge in [-0.1, -0.05) is 35.3 Å². The summed E-state index contributed by atoms with van der Waals surface area (Å²) in [6.45, 7) is 0.280. The van der Waals surface area contributed by atoms with Gasteiger partial charge >= 0.3 is 6.18 Å². The lowest BCUT2D eigenvalue weighted by Crippen LogP contribution is -2.06. The van der Waals surface area contributed by atoms with Gasteiger partial charge in [-0.2, -0.15) is 18.3 Å². The number of benzene rings is 2. The fourth-order valence-electron chi connectivity index (χ4n) is 2.83. The fraction of sp³-hybridized carbons (Fsp3) is 0.250. The van der Waals surface area contributed by atoms with Crippen LogP contribution in [0.4, 0.5) is 13.2 Å². The Labute approximate surface area is 170 Å². The summed E-state index contributed by atoms with van der Waals surface area (Å²) in [4.78, 5) is 0. The molecule has 3 rings (SSSR count). The largest absolute Gasteiger partial charge is 0.416 e. The number of unbranched alkanes of at least 4 members (excludes halogenated alkanes) is 1. The molecule has 0 atom stereocenters. The van der Waals surface area contributed by atoms with E-state index in [0.29, 0.717) is 45.0 Å². The number of allylic oxidation sites excluding steroid dienone is 1. The Kier molecular flexibility index (Phi) is 6.33. The van der Waals surface area contributed by atoms with Crippen LogP contribution in [0.3, 0.4) is 0 Å². The average Bonchev–Trinajstić information content (AvgIpc) is 2.97. The molecule has 0 saturated carbocycles. The van der Waals surface area contributed by atoms with E-state index in [0.717, 1.165) is 12.1 Å². The molecule has 8 heteroatoms. The summed E-state index contributed by atoms with van der Waals surface area (Å²) < 4.78 is 41.0. The average molecular weight is 429 g/mol. The molecule has 1 aromatic heterocycles. The normalized spacial score (nSPS) is 12.4. The van der Waals surface area contributed by atoms with Gasteiger partial charge in [0.25, 0.3) is 0 Å². The van der Waals surface area contributed by atoms with E-state index in [4.69, 9.17) is 28.3 Å². The summed E-state index contributed by atoms with van der Waals surface area (Å²) in [5.41, 5.74) is 0.886. The van der Waals surface area contributed by atoms with Gasteiger partial charge < -0.3 is 5.11 Å². The lowest BCUT2D eigenvalue weighted by molar-refractivity contribution is -0.137. The first-order valence-corrected chi connectivity index (χ1v) is 9.34. The van der Waals surface area contributed by atoms with Gasteiger partial charge in [0.15, 0.2) is 0 Å². The summed E-state index contributed by atoms with van der Waals surface area (Å²) in [6, 6.07) is 8.55. The minimum atomic E-state index is -4.45. The summed E-state index contributed by atoms with van der Waals surface area (Å²) in [5, 5.41) is 14.9. The molecule has 0 spiro atoms. The van der Waals surface area contributed by atoms with Crippen LogP contribution < -0.4 is 0 Å². The van der Waals surface area contributed by atoms with Crippen LogP contribution in [-0.2, 0) is 12.7 Å². The summed E-state index contributed by atoms with van der Waals surface area (Å²) in [5.74, 6) is 0. The van der Waals surface area contributed by atoms with Crippen molar-refractivity contribution in [2.45, 2.75) is 25.6 Å². The fourth-order valence-corrected chi connectivity index (χ4v) is 3.30. The Hall–Kier alpha value is -2.02. The first kappa shape index (κ1) is 20.7. The third kappa shape index (κ3) is 4.69. The van der Waals surface area contributed by atoms with Crippen molar-refractivity contribution < 1.29 is 18.3 Å². The van der Waals surface area contributed by atoms with Crippen LogP contribution in [0.5, 0.6) is 0 Å². The number of aliphatic hydroxyl groups excluding tert-OH is 1. The molecule has 0 saturated heterocycles. The van der Waals surface area contributed by atoms with Crippen molar-refractivity contribution in [1.29, 1.82) is 0 Å². The van der Waals surface area contributed by atoms with Crippen LogP contribution in [-0.4, -0.2) is 21.5 Å². The lowest BCUT2D eigenvalue weighted by atomic mass is 10.1. The third-order valence-electron chi connectivity index (χ3n) is 4.25. The van der Waals surface area contributed by atoms with Crippen molar-refractivity contribution >= 4 is 40.2 Å². The SMILES string of the molecule is OCCCC=Cc1nn(Cc2ccc(Cl)cc2Cl)c2cc(C(F)(F)F)ccc12. The predicted molar refractivity (Wildman–Crippen MR) is 106 cm³/mol. The molecule has 0 aliphatic rings. The van der Waals surface area contributed by atoms with Gasteiger partial charge in [-0.15, -0.1) is 0 Å². The topological polar surface area (TPSA) is 38.1 Å². The van der Waals surface area contributed by atoms with Crippen molar-refractivity contribution in [2.75, 3.05) is 6.61 Å². The van der Waals surface area contributed by atoms with Gasteiger partial charge in [0.05, 0.1) is 23.3 Å². The number of nitrogens with zero attached hydrogens (tertiary/aromatic N) is 2. The molecule has 0 aliphatic heterocycles. The highest BCUT2D eigenvalue weighted by molar-refractivity contribution is 6.35. The molecule has 3 aromatic rings. The molecule has 1 heterocycles. The van der Waals surface area contributed by atoms with Crippen LogP contribution in [0.15, 0.2) is 42.5 Å². The molecule has 0 amide bonds. The molecular weight excluding hydrogens is 412 g/mol. The molecule has 0 fully saturated rings. The number of fused-ring (bicyclic) bond motifs is 1. The molecule has 28 heavy (non-hydrogen) atoms. The van der Waals surface area contributed by atoms with Gasteiger partial charge in [-0.05, 0) is 54.8 Å². The highest BCUT2D eigenvalue weighted by Gasteiger charge is 2.31.